The van der Waals surface area contributed by atoms with E-state index in [1.807, 2.05) is 0 Å². The van der Waals surface area contributed by atoms with Crippen molar-refractivity contribution in [2.24, 2.45) is 0 Å². The van der Waals surface area contributed by atoms with Crippen LogP contribution in [0, 0.1) is 0 Å². The van der Waals surface area contributed by atoms with Gasteiger partial charge in [-0.05, 0) is 29.3 Å². The number of benzene rings is 2. The predicted octanol–water partition coefficient (Wildman–Crippen LogP) is 4.07. The molecule has 23 heavy (non-hydrogen) atoms. The summed E-state index contributed by atoms with van der Waals surface area (Å²) in [6, 6.07) is 9.48. The standard InChI is InChI=1S/C16H12F3NO3/c17-16(18,19)11-3-1-2-9(6-11)10-4-5-12-13(20-15(21)22)8-23-14(12)7-10/h1-7,13,20H,8H2,(H,21,22). The molecule has 2 aromatic rings. The van der Waals surface area contributed by atoms with Gasteiger partial charge in [0.1, 0.15) is 12.4 Å². The van der Waals surface area contributed by atoms with E-state index in [4.69, 9.17) is 9.84 Å². The van der Waals surface area contributed by atoms with Crippen molar-refractivity contribution in [3.63, 3.8) is 0 Å². The monoisotopic (exact) mass is 323 g/mol. The van der Waals surface area contributed by atoms with Crippen LogP contribution >= 0.6 is 0 Å². The normalized spacial score (nSPS) is 16.6. The van der Waals surface area contributed by atoms with Crippen molar-refractivity contribution < 1.29 is 27.8 Å². The smallest absolute Gasteiger partial charge is 0.416 e. The van der Waals surface area contributed by atoms with Crippen LogP contribution in [0.5, 0.6) is 5.75 Å². The van der Waals surface area contributed by atoms with Gasteiger partial charge in [-0.2, -0.15) is 13.2 Å². The van der Waals surface area contributed by atoms with Crippen molar-refractivity contribution in [2.75, 3.05) is 6.61 Å². The number of carboxylic acid groups (broad SMARTS) is 1. The van der Waals surface area contributed by atoms with Crippen LogP contribution in [0.1, 0.15) is 17.2 Å². The van der Waals surface area contributed by atoms with E-state index in [0.29, 0.717) is 22.4 Å². The molecule has 0 bridgehead atoms. The maximum Gasteiger partial charge on any atom is 0.416 e. The third-order valence-corrected chi connectivity index (χ3v) is 3.62. The van der Waals surface area contributed by atoms with Crippen molar-refractivity contribution in [3.8, 4) is 16.9 Å². The van der Waals surface area contributed by atoms with Crippen LogP contribution in [0.3, 0.4) is 0 Å². The van der Waals surface area contributed by atoms with E-state index in [9.17, 15) is 18.0 Å². The Morgan fingerprint density at radius 1 is 1.17 bits per heavy atom. The molecule has 0 saturated heterocycles. The molecular weight excluding hydrogens is 311 g/mol. The largest absolute Gasteiger partial charge is 0.491 e. The third-order valence-electron chi connectivity index (χ3n) is 3.62. The quantitative estimate of drug-likeness (QED) is 0.876. The topological polar surface area (TPSA) is 58.6 Å². The molecule has 2 aromatic carbocycles. The molecule has 0 spiro atoms. The molecule has 4 nitrogen and oxygen atoms in total. The summed E-state index contributed by atoms with van der Waals surface area (Å²) in [5.41, 5.74) is 0.941. The minimum absolute atomic E-state index is 0.160. The van der Waals surface area contributed by atoms with Crippen molar-refractivity contribution in [1.29, 1.82) is 0 Å². The molecule has 0 radical (unpaired) electrons. The zero-order valence-corrected chi connectivity index (χ0v) is 11.7. The van der Waals surface area contributed by atoms with E-state index in [1.54, 1.807) is 24.3 Å². The average Bonchev–Trinajstić information content (AvgIpc) is 2.88. The molecule has 1 aliphatic rings. The van der Waals surface area contributed by atoms with Crippen LogP contribution in [0.15, 0.2) is 42.5 Å². The molecule has 1 aliphatic heterocycles. The molecule has 7 heteroatoms. The van der Waals surface area contributed by atoms with Crippen molar-refractivity contribution >= 4 is 6.09 Å². The summed E-state index contributed by atoms with van der Waals surface area (Å²) < 4.78 is 43.8. The number of amides is 1. The van der Waals surface area contributed by atoms with Gasteiger partial charge < -0.3 is 15.2 Å². The number of alkyl halides is 3. The Morgan fingerprint density at radius 2 is 1.91 bits per heavy atom. The lowest BCUT2D eigenvalue weighted by Crippen LogP contribution is -2.27. The highest BCUT2D eigenvalue weighted by Crippen LogP contribution is 2.37. The Kier molecular flexibility index (Phi) is 3.63. The number of nitrogens with one attached hydrogen (secondary N) is 1. The summed E-state index contributed by atoms with van der Waals surface area (Å²) in [5.74, 6) is 0.471. The molecule has 1 amide bonds. The maximum absolute atomic E-state index is 12.8. The number of rotatable bonds is 2. The molecule has 0 aromatic heterocycles. The highest BCUT2D eigenvalue weighted by molar-refractivity contribution is 5.69. The molecule has 0 saturated carbocycles. The highest BCUT2D eigenvalue weighted by Gasteiger charge is 2.31. The number of fused-ring (bicyclic) bond motifs is 1. The molecule has 1 heterocycles. The molecule has 120 valence electrons. The lowest BCUT2D eigenvalue weighted by atomic mass is 9.99. The summed E-state index contributed by atoms with van der Waals surface area (Å²) in [6.45, 7) is 0.160. The van der Waals surface area contributed by atoms with Gasteiger partial charge in [0.25, 0.3) is 0 Å². The van der Waals surface area contributed by atoms with Gasteiger partial charge >= 0.3 is 12.3 Å². The first-order valence-electron chi connectivity index (χ1n) is 6.78. The Labute approximate surface area is 129 Å². The van der Waals surface area contributed by atoms with Gasteiger partial charge in [0, 0.05) is 5.56 Å². The second kappa shape index (κ2) is 5.49. The van der Waals surface area contributed by atoms with E-state index in [0.717, 1.165) is 12.1 Å². The fourth-order valence-electron chi connectivity index (χ4n) is 2.53. The Hall–Kier alpha value is -2.70. The number of hydrogen-bond acceptors (Lipinski definition) is 2. The van der Waals surface area contributed by atoms with E-state index in [-0.39, 0.29) is 6.61 Å². The van der Waals surface area contributed by atoms with Crippen LogP contribution in [0.25, 0.3) is 11.1 Å². The second-order valence-corrected chi connectivity index (χ2v) is 5.14. The van der Waals surface area contributed by atoms with Crippen LogP contribution in [0.2, 0.25) is 0 Å². The minimum Gasteiger partial charge on any atom is -0.491 e. The SMILES string of the molecule is O=C(O)NC1COc2cc(-c3cccc(C(F)(F)F)c3)ccc21. The number of hydrogen-bond donors (Lipinski definition) is 2. The fraction of sp³-hybridized carbons (Fsp3) is 0.188. The van der Waals surface area contributed by atoms with E-state index in [2.05, 4.69) is 5.32 Å². The molecule has 1 unspecified atom stereocenters. The van der Waals surface area contributed by atoms with Crippen molar-refractivity contribution in [3.05, 3.63) is 53.6 Å². The Bertz CT molecular complexity index is 758. The summed E-state index contributed by atoms with van der Waals surface area (Å²) in [4.78, 5) is 10.7. The zero-order valence-electron chi connectivity index (χ0n) is 11.7. The van der Waals surface area contributed by atoms with E-state index < -0.39 is 23.9 Å². The first-order valence-corrected chi connectivity index (χ1v) is 6.78. The second-order valence-electron chi connectivity index (χ2n) is 5.14. The number of carbonyl (C=O) groups is 1. The molecule has 0 aliphatic carbocycles. The molecule has 3 rings (SSSR count). The van der Waals surface area contributed by atoms with Crippen LogP contribution in [-0.4, -0.2) is 17.8 Å². The minimum atomic E-state index is -4.40. The third kappa shape index (κ3) is 3.08. The van der Waals surface area contributed by atoms with Gasteiger partial charge in [0.2, 0.25) is 0 Å². The highest BCUT2D eigenvalue weighted by atomic mass is 19.4. The van der Waals surface area contributed by atoms with Gasteiger partial charge in [-0.3, -0.25) is 0 Å². The summed E-state index contributed by atoms with van der Waals surface area (Å²) in [6.07, 6.45) is -5.56. The summed E-state index contributed by atoms with van der Waals surface area (Å²) >= 11 is 0. The molecule has 0 fully saturated rings. The summed E-state index contributed by atoms with van der Waals surface area (Å²) in [5, 5.41) is 11.1. The fourth-order valence-corrected chi connectivity index (χ4v) is 2.53. The first-order chi connectivity index (χ1) is 10.8. The van der Waals surface area contributed by atoms with Crippen LogP contribution in [-0.2, 0) is 6.18 Å². The van der Waals surface area contributed by atoms with Gasteiger partial charge in [0.05, 0.1) is 11.6 Å². The van der Waals surface area contributed by atoms with Crippen LogP contribution in [0.4, 0.5) is 18.0 Å². The van der Waals surface area contributed by atoms with Gasteiger partial charge in [-0.1, -0.05) is 24.3 Å². The molecular formula is C16H12F3NO3. The van der Waals surface area contributed by atoms with Gasteiger partial charge in [-0.15, -0.1) is 0 Å². The van der Waals surface area contributed by atoms with E-state index >= 15 is 0 Å². The van der Waals surface area contributed by atoms with Crippen molar-refractivity contribution in [1.82, 2.24) is 5.32 Å². The predicted molar refractivity (Wildman–Crippen MR) is 76.3 cm³/mol. The van der Waals surface area contributed by atoms with Crippen LogP contribution < -0.4 is 10.1 Å². The number of ether oxygens (including phenoxy) is 1. The Balaban J connectivity index is 1.93. The molecule has 2 N–H and O–H groups in total. The van der Waals surface area contributed by atoms with Gasteiger partial charge in [0.15, 0.2) is 0 Å². The van der Waals surface area contributed by atoms with Crippen molar-refractivity contribution in [2.45, 2.75) is 12.2 Å². The van der Waals surface area contributed by atoms with Gasteiger partial charge in [-0.25, -0.2) is 4.79 Å². The average molecular weight is 323 g/mol. The lowest BCUT2D eigenvalue weighted by Gasteiger charge is -2.10. The Morgan fingerprint density at radius 3 is 2.61 bits per heavy atom. The zero-order chi connectivity index (χ0) is 16.6. The number of halogens is 3. The lowest BCUT2D eigenvalue weighted by molar-refractivity contribution is -0.137. The van der Waals surface area contributed by atoms with E-state index in [1.165, 1.54) is 6.07 Å². The summed E-state index contributed by atoms with van der Waals surface area (Å²) in [7, 11) is 0. The first kappa shape index (κ1) is 15.2. The molecule has 1 atom stereocenters. The maximum atomic E-state index is 12.8.